The van der Waals surface area contributed by atoms with Gasteiger partial charge in [0.25, 0.3) is 0 Å². The van der Waals surface area contributed by atoms with E-state index in [0.717, 1.165) is 43.5 Å². The molecule has 1 unspecified atom stereocenters. The molecule has 126 valence electrons. The van der Waals surface area contributed by atoms with Gasteiger partial charge in [0, 0.05) is 24.6 Å². The number of hydrogen-bond acceptors (Lipinski definition) is 3. The normalized spacial score (nSPS) is 18.3. The molecule has 0 radical (unpaired) electrons. The molecular formula is C19H22FN3O. The molecule has 0 saturated carbocycles. The molecule has 1 fully saturated rings. The summed E-state index contributed by atoms with van der Waals surface area (Å²) in [7, 11) is 0. The zero-order chi connectivity index (χ0) is 16.9. The fourth-order valence-electron chi connectivity index (χ4n) is 3.18. The average molecular weight is 327 g/mol. The van der Waals surface area contributed by atoms with E-state index in [1.165, 1.54) is 12.1 Å². The molecule has 0 bridgehead atoms. The standard InChI is InChI=1S/C19H22FN3O/c1-14-12-16(20)5-6-17(14)22-19(24)18-4-2-3-11-23(18)13-15-7-9-21-10-8-15/h5-10,12,18H,2-4,11,13H2,1H3,(H,22,24). The van der Waals surface area contributed by atoms with Crippen molar-refractivity contribution < 1.29 is 9.18 Å². The van der Waals surface area contributed by atoms with Gasteiger partial charge >= 0.3 is 0 Å². The predicted molar refractivity (Wildman–Crippen MR) is 92.1 cm³/mol. The van der Waals surface area contributed by atoms with Gasteiger partial charge in [-0.25, -0.2) is 4.39 Å². The zero-order valence-corrected chi connectivity index (χ0v) is 13.8. The summed E-state index contributed by atoms with van der Waals surface area (Å²) in [6.07, 6.45) is 6.54. The number of amides is 1. The number of benzene rings is 1. The summed E-state index contributed by atoms with van der Waals surface area (Å²) >= 11 is 0. The number of rotatable bonds is 4. The van der Waals surface area contributed by atoms with Gasteiger partial charge in [-0.1, -0.05) is 6.42 Å². The number of likely N-dealkylation sites (tertiary alicyclic amines) is 1. The molecule has 1 aromatic heterocycles. The van der Waals surface area contributed by atoms with Gasteiger partial charge in [0.05, 0.1) is 6.04 Å². The van der Waals surface area contributed by atoms with E-state index in [4.69, 9.17) is 0 Å². The minimum atomic E-state index is -0.289. The van der Waals surface area contributed by atoms with Crippen LogP contribution < -0.4 is 5.32 Å². The summed E-state index contributed by atoms with van der Waals surface area (Å²) in [6.45, 7) is 3.44. The first-order valence-electron chi connectivity index (χ1n) is 8.33. The second-order valence-corrected chi connectivity index (χ2v) is 6.29. The van der Waals surface area contributed by atoms with Gasteiger partial charge in [0.15, 0.2) is 0 Å². The third-order valence-corrected chi connectivity index (χ3v) is 4.50. The molecule has 1 atom stereocenters. The number of nitrogens with one attached hydrogen (secondary N) is 1. The maximum absolute atomic E-state index is 13.2. The van der Waals surface area contributed by atoms with Crippen LogP contribution in [0.25, 0.3) is 0 Å². The monoisotopic (exact) mass is 327 g/mol. The fraction of sp³-hybridized carbons (Fsp3) is 0.368. The highest BCUT2D eigenvalue weighted by Gasteiger charge is 2.28. The Labute approximate surface area is 141 Å². The van der Waals surface area contributed by atoms with Crippen LogP contribution in [0, 0.1) is 12.7 Å². The molecule has 5 heteroatoms. The lowest BCUT2D eigenvalue weighted by Crippen LogP contribution is -2.46. The number of pyridine rings is 1. The Bertz CT molecular complexity index is 705. The van der Waals surface area contributed by atoms with E-state index in [-0.39, 0.29) is 17.8 Å². The van der Waals surface area contributed by atoms with E-state index in [1.807, 2.05) is 12.1 Å². The van der Waals surface area contributed by atoms with Crippen molar-refractivity contribution in [2.45, 2.75) is 38.8 Å². The van der Waals surface area contributed by atoms with Crippen LogP contribution in [-0.2, 0) is 11.3 Å². The SMILES string of the molecule is Cc1cc(F)ccc1NC(=O)C1CCCCN1Cc1ccncc1. The van der Waals surface area contributed by atoms with Crippen molar-refractivity contribution in [3.8, 4) is 0 Å². The van der Waals surface area contributed by atoms with Crippen molar-refractivity contribution in [2.75, 3.05) is 11.9 Å². The molecule has 0 aliphatic carbocycles. The summed E-state index contributed by atoms with van der Waals surface area (Å²) in [5, 5.41) is 2.96. The Morgan fingerprint density at radius 1 is 1.29 bits per heavy atom. The minimum absolute atomic E-state index is 0.0153. The highest BCUT2D eigenvalue weighted by atomic mass is 19.1. The van der Waals surface area contributed by atoms with Crippen LogP contribution in [0.4, 0.5) is 10.1 Å². The second kappa shape index (κ2) is 7.53. The highest BCUT2D eigenvalue weighted by molar-refractivity contribution is 5.95. The topological polar surface area (TPSA) is 45.2 Å². The Kier molecular flexibility index (Phi) is 5.20. The molecule has 2 heterocycles. The van der Waals surface area contributed by atoms with E-state index in [1.54, 1.807) is 25.4 Å². The molecule has 1 aromatic carbocycles. The number of aryl methyl sites for hydroxylation is 1. The molecular weight excluding hydrogens is 305 g/mol. The van der Waals surface area contributed by atoms with E-state index in [9.17, 15) is 9.18 Å². The molecule has 1 saturated heterocycles. The molecule has 3 rings (SSSR count). The van der Waals surface area contributed by atoms with Gasteiger partial charge in [-0.2, -0.15) is 0 Å². The molecule has 0 spiro atoms. The fourth-order valence-corrected chi connectivity index (χ4v) is 3.18. The molecule has 2 aromatic rings. The van der Waals surface area contributed by atoms with Crippen LogP contribution >= 0.6 is 0 Å². The first-order chi connectivity index (χ1) is 11.6. The molecule has 1 aliphatic rings. The molecule has 1 N–H and O–H groups in total. The van der Waals surface area contributed by atoms with Crippen molar-refractivity contribution in [1.82, 2.24) is 9.88 Å². The molecule has 4 nitrogen and oxygen atoms in total. The third kappa shape index (κ3) is 3.97. The van der Waals surface area contributed by atoms with Crippen LogP contribution in [0.1, 0.15) is 30.4 Å². The number of halogens is 1. The summed E-state index contributed by atoms with van der Waals surface area (Å²) in [6, 6.07) is 8.24. The predicted octanol–water partition coefficient (Wildman–Crippen LogP) is 3.52. The van der Waals surface area contributed by atoms with Gasteiger partial charge in [-0.15, -0.1) is 0 Å². The summed E-state index contributed by atoms with van der Waals surface area (Å²) in [5.74, 6) is -0.305. The number of piperidine rings is 1. The maximum atomic E-state index is 13.2. The second-order valence-electron chi connectivity index (χ2n) is 6.29. The molecule has 1 amide bonds. The third-order valence-electron chi connectivity index (χ3n) is 4.50. The van der Waals surface area contributed by atoms with Gasteiger partial charge in [0.1, 0.15) is 5.82 Å². The van der Waals surface area contributed by atoms with Crippen molar-refractivity contribution in [3.05, 3.63) is 59.7 Å². The molecule has 24 heavy (non-hydrogen) atoms. The van der Waals surface area contributed by atoms with Gasteiger partial charge in [-0.3, -0.25) is 14.7 Å². The lowest BCUT2D eigenvalue weighted by Gasteiger charge is -2.34. The van der Waals surface area contributed by atoms with Gasteiger partial charge in [-0.05, 0) is 67.8 Å². The van der Waals surface area contributed by atoms with Gasteiger partial charge in [0.2, 0.25) is 5.91 Å². The smallest absolute Gasteiger partial charge is 0.241 e. The Balaban J connectivity index is 1.71. The largest absolute Gasteiger partial charge is 0.324 e. The maximum Gasteiger partial charge on any atom is 0.241 e. The van der Waals surface area contributed by atoms with Crippen LogP contribution in [0.15, 0.2) is 42.7 Å². The number of anilines is 1. The van der Waals surface area contributed by atoms with E-state index in [0.29, 0.717) is 5.69 Å². The van der Waals surface area contributed by atoms with E-state index < -0.39 is 0 Å². The lowest BCUT2D eigenvalue weighted by atomic mass is 10.00. The number of nitrogens with zero attached hydrogens (tertiary/aromatic N) is 2. The lowest BCUT2D eigenvalue weighted by molar-refractivity contribution is -0.122. The summed E-state index contributed by atoms with van der Waals surface area (Å²) < 4.78 is 13.2. The van der Waals surface area contributed by atoms with Crippen molar-refractivity contribution in [1.29, 1.82) is 0 Å². The number of carbonyl (C=O) groups is 1. The van der Waals surface area contributed by atoms with Crippen molar-refractivity contribution in [3.63, 3.8) is 0 Å². The zero-order valence-electron chi connectivity index (χ0n) is 13.8. The van der Waals surface area contributed by atoms with Crippen LogP contribution in [0.2, 0.25) is 0 Å². The number of aromatic nitrogens is 1. The highest BCUT2D eigenvalue weighted by Crippen LogP contribution is 2.22. The number of hydrogen-bond donors (Lipinski definition) is 1. The Hall–Kier alpha value is -2.27. The van der Waals surface area contributed by atoms with Crippen LogP contribution in [0.5, 0.6) is 0 Å². The summed E-state index contributed by atoms with van der Waals surface area (Å²) in [5.41, 5.74) is 2.57. The number of carbonyl (C=O) groups excluding carboxylic acids is 1. The van der Waals surface area contributed by atoms with Crippen molar-refractivity contribution in [2.24, 2.45) is 0 Å². The first-order valence-corrected chi connectivity index (χ1v) is 8.33. The summed E-state index contributed by atoms with van der Waals surface area (Å²) in [4.78, 5) is 19.0. The minimum Gasteiger partial charge on any atom is -0.324 e. The van der Waals surface area contributed by atoms with E-state index >= 15 is 0 Å². The Morgan fingerprint density at radius 3 is 2.83 bits per heavy atom. The van der Waals surface area contributed by atoms with Gasteiger partial charge < -0.3 is 5.32 Å². The average Bonchev–Trinajstić information content (AvgIpc) is 2.59. The van der Waals surface area contributed by atoms with Crippen LogP contribution in [0.3, 0.4) is 0 Å². The van der Waals surface area contributed by atoms with E-state index in [2.05, 4.69) is 15.2 Å². The molecule has 1 aliphatic heterocycles. The first kappa shape index (κ1) is 16.6. The van der Waals surface area contributed by atoms with Crippen LogP contribution in [-0.4, -0.2) is 28.4 Å². The quantitative estimate of drug-likeness (QED) is 0.934. The Morgan fingerprint density at radius 2 is 2.08 bits per heavy atom. The van der Waals surface area contributed by atoms with Crippen molar-refractivity contribution >= 4 is 11.6 Å².